The number of unbranched alkanes of at least 4 members (excludes halogenated alkanes) is 1. The molecule has 4 rings (SSSR count). The Bertz CT molecular complexity index is 1620. The van der Waals surface area contributed by atoms with Crippen LogP contribution in [0.1, 0.15) is 62.8 Å². The smallest absolute Gasteiger partial charge is 0.425 e. The maximum absolute atomic E-state index is 14.6. The Kier molecular flexibility index (Phi) is 10.9. The van der Waals surface area contributed by atoms with Crippen molar-refractivity contribution in [2.75, 3.05) is 0 Å². The lowest BCUT2D eigenvalue weighted by Gasteiger charge is -2.20. The summed E-state index contributed by atoms with van der Waals surface area (Å²) in [6.45, 7) is 1.94. The number of hydrogen-bond donors (Lipinski definition) is 0. The second kappa shape index (κ2) is 15.0. The average Bonchev–Trinajstić information content (AvgIpc) is 3.03. The highest BCUT2D eigenvalue weighted by Crippen LogP contribution is 2.29. The fourth-order valence-corrected chi connectivity index (χ4v) is 4.06. The highest BCUT2D eigenvalue weighted by molar-refractivity contribution is 5.95. The van der Waals surface area contributed by atoms with Gasteiger partial charge in [-0.15, -0.1) is 0 Å². The van der Waals surface area contributed by atoms with Crippen LogP contribution in [0.3, 0.4) is 0 Å². The predicted molar refractivity (Wildman–Crippen MR) is 155 cm³/mol. The molecule has 1 unspecified atom stereocenters. The number of para-hydroxylation sites is 1. The maximum Gasteiger partial charge on any atom is 0.425 e. The highest BCUT2D eigenvalue weighted by Gasteiger charge is 2.42. The molecule has 0 heterocycles. The average molecular weight is 625 g/mol. The van der Waals surface area contributed by atoms with Crippen LogP contribution in [0.15, 0.2) is 97.1 Å². The highest BCUT2D eigenvalue weighted by atomic mass is 19.4. The lowest BCUT2D eigenvalue weighted by Crippen LogP contribution is -2.33. The number of halogens is 4. The Morgan fingerprint density at radius 1 is 0.733 bits per heavy atom. The Balaban J connectivity index is 1.36. The SMILES string of the molecule is CCCCC(OC(=O)c1ccc(OC(=O)c2ccc(OC(=O)c3ccccc3OCc3ccccc3)cc2)c(F)c1)C(F)(F)F. The van der Waals surface area contributed by atoms with E-state index in [0.29, 0.717) is 18.2 Å². The molecule has 7 nitrogen and oxygen atoms in total. The van der Waals surface area contributed by atoms with E-state index in [1.54, 1.807) is 31.2 Å². The molecule has 0 spiro atoms. The zero-order chi connectivity index (χ0) is 32.4. The molecule has 0 aliphatic rings. The first-order chi connectivity index (χ1) is 21.5. The fourth-order valence-electron chi connectivity index (χ4n) is 4.06. The summed E-state index contributed by atoms with van der Waals surface area (Å²) >= 11 is 0. The van der Waals surface area contributed by atoms with Crippen molar-refractivity contribution < 1.29 is 50.9 Å². The molecule has 0 amide bonds. The second-order valence-corrected chi connectivity index (χ2v) is 9.80. The van der Waals surface area contributed by atoms with E-state index >= 15 is 0 Å². The molecule has 0 radical (unpaired) electrons. The summed E-state index contributed by atoms with van der Waals surface area (Å²) < 4.78 is 75.1. The molecule has 0 saturated heterocycles. The molecule has 11 heteroatoms. The minimum atomic E-state index is -4.77. The summed E-state index contributed by atoms with van der Waals surface area (Å²) in [4.78, 5) is 37.7. The van der Waals surface area contributed by atoms with Gasteiger partial charge < -0.3 is 18.9 Å². The van der Waals surface area contributed by atoms with E-state index in [4.69, 9.17) is 14.2 Å². The Morgan fingerprint density at radius 2 is 1.40 bits per heavy atom. The third-order valence-electron chi connectivity index (χ3n) is 6.45. The Hall–Kier alpha value is -5.19. The van der Waals surface area contributed by atoms with Crippen LogP contribution >= 0.6 is 0 Å². The molecule has 234 valence electrons. The van der Waals surface area contributed by atoms with Gasteiger partial charge in [0.2, 0.25) is 0 Å². The van der Waals surface area contributed by atoms with Crippen molar-refractivity contribution in [3.63, 3.8) is 0 Å². The molecular weight excluding hydrogens is 596 g/mol. The first-order valence-corrected chi connectivity index (χ1v) is 13.9. The van der Waals surface area contributed by atoms with Crippen molar-refractivity contribution in [1.29, 1.82) is 0 Å². The Labute approximate surface area is 256 Å². The molecule has 4 aromatic rings. The van der Waals surface area contributed by atoms with Crippen LogP contribution in [0.25, 0.3) is 0 Å². The van der Waals surface area contributed by atoms with E-state index in [-0.39, 0.29) is 29.9 Å². The number of rotatable bonds is 12. The minimum Gasteiger partial charge on any atom is -0.488 e. The first kappa shape index (κ1) is 32.7. The quantitative estimate of drug-likeness (QED) is 0.0894. The monoisotopic (exact) mass is 624 g/mol. The normalized spacial score (nSPS) is 11.8. The van der Waals surface area contributed by atoms with Crippen LogP contribution in [0.4, 0.5) is 17.6 Å². The van der Waals surface area contributed by atoms with Crippen molar-refractivity contribution in [3.05, 3.63) is 125 Å². The summed E-state index contributed by atoms with van der Waals surface area (Å²) in [6, 6.07) is 23.8. The largest absolute Gasteiger partial charge is 0.488 e. The van der Waals surface area contributed by atoms with Crippen molar-refractivity contribution in [3.8, 4) is 17.2 Å². The summed E-state index contributed by atoms with van der Waals surface area (Å²) in [7, 11) is 0. The standard InChI is InChI=1S/C34H28F4O7/c1-2-3-13-30(34(36,37)38)45-32(40)24-16-19-29(27(35)20-24)44-31(39)23-14-17-25(18-15-23)43-33(41)26-11-7-8-12-28(26)42-21-22-9-5-4-6-10-22/h4-12,14-20,30H,2-3,13,21H2,1H3. The maximum atomic E-state index is 14.6. The van der Waals surface area contributed by atoms with E-state index in [1.165, 1.54) is 24.3 Å². The lowest BCUT2D eigenvalue weighted by molar-refractivity contribution is -0.206. The molecule has 0 aliphatic heterocycles. The van der Waals surface area contributed by atoms with Gasteiger partial charge in [-0.3, -0.25) is 0 Å². The molecule has 0 bridgehead atoms. The van der Waals surface area contributed by atoms with Gasteiger partial charge in [-0.25, -0.2) is 18.8 Å². The van der Waals surface area contributed by atoms with Gasteiger partial charge >= 0.3 is 24.1 Å². The van der Waals surface area contributed by atoms with Crippen LogP contribution in [-0.2, 0) is 11.3 Å². The summed E-state index contributed by atoms with van der Waals surface area (Å²) in [6.07, 6.45) is -6.86. The molecule has 0 saturated carbocycles. The summed E-state index contributed by atoms with van der Waals surface area (Å²) in [5.41, 5.74) is 0.609. The van der Waals surface area contributed by atoms with E-state index in [2.05, 4.69) is 4.74 Å². The number of benzene rings is 4. The number of esters is 3. The van der Waals surface area contributed by atoms with E-state index < -0.39 is 53.7 Å². The van der Waals surface area contributed by atoms with Gasteiger partial charge in [0.05, 0.1) is 11.1 Å². The van der Waals surface area contributed by atoms with Crippen LogP contribution in [-0.4, -0.2) is 30.2 Å². The van der Waals surface area contributed by atoms with Crippen molar-refractivity contribution in [1.82, 2.24) is 0 Å². The number of alkyl halides is 3. The third kappa shape index (κ3) is 9.15. The number of carbonyl (C=O) groups excluding carboxylic acids is 3. The molecule has 0 aliphatic carbocycles. The molecular formula is C34H28F4O7. The molecule has 1 atom stereocenters. The third-order valence-corrected chi connectivity index (χ3v) is 6.45. The molecule has 45 heavy (non-hydrogen) atoms. The van der Waals surface area contributed by atoms with Crippen LogP contribution in [0.5, 0.6) is 17.2 Å². The van der Waals surface area contributed by atoms with Gasteiger partial charge in [0.1, 0.15) is 23.7 Å². The molecule has 4 aromatic carbocycles. The van der Waals surface area contributed by atoms with E-state index in [1.807, 2.05) is 30.3 Å². The van der Waals surface area contributed by atoms with Gasteiger partial charge in [0, 0.05) is 0 Å². The van der Waals surface area contributed by atoms with Gasteiger partial charge in [0.15, 0.2) is 17.7 Å². The minimum absolute atomic E-state index is 0.0202. The van der Waals surface area contributed by atoms with Crippen LogP contribution in [0.2, 0.25) is 0 Å². The van der Waals surface area contributed by atoms with E-state index in [9.17, 15) is 31.9 Å². The van der Waals surface area contributed by atoms with E-state index in [0.717, 1.165) is 17.7 Å². The van der Waals surface area contributed by atoms with Gasteiger partial charge in [-0.1, -0.05) is 55.8 Å². The topological polar surface area (TPSA) is 88.1 Å². The molecule has 0 aromatic heterocycles. The Morgan fingerprint density at radius 3 is 2.07 bits per heavy atom. The first-order valence-electron chi connectivity index (χ1n) is 13.9. The zero-order valence-electron chi connectivity index (χ0n) is 24.0. The predicted octanol–water partition coefficient (Wildman–Crippen LogP) is 8.12. The number of hydrogen-bond acceptors (Lipinski definition) is 7. The summed E-state index contributed by atoms with van der Waals surface area (Å²) in [5.74, 6) is -4.31. The molecule has 0 fully saturated rings. The zero-order valence-corrected chi connectivity index (χ0v) is 24.0. The van der Waals surface area contributed by atoms with Gasteiger partial charge in [-0.05, 0) is 73.0 Å². The van der Waals surface area contributed by atoms with Crippen molar-refractivity contribution >= 4 is 17.9 Å². The van der Waals surface area contributed by atoms with Crippen LogP contribution in [0, 0.1) is 5.82 Å². The summed E-state index contributed by atoms with van der Waals surface area (Å²) in [5, 5.41) is 0. The molecule has 0 N–H and O–H groups in total. The van der Waals surface area contributed by atoms with Crippen LogP contribution < -0.4 is 14.2 Å². The number of carbonyl (C=O) groups is 3. The van der Waals surface area contributed by atoms with Crippen molar-refractivity contribution in [2.45, 2.75) is 45.1 Å². The van der Waals surface area contributed by atoms with Gasteiger partial charge in [0.25, 0.3) is 0 Å². The van der Waals surface area contributed by atoms with Gasteiger partial charge in [-0.2, -0.15) is 13.2 Å². The second-order valence-electron chi connectivity index (χ2n) is 9.80. The van der Waals surface area contributed by atoms with Crippen molar-refractivity contribution in [2.24, 2.45) is 0 Å². The lowest BCUT2D eigenvalue weighted by atomic mass is 10.1. The fraction of sp³-hybridized carbons (Fsp3) is 0.206. The number of ether oxygens (including phenoxy) is 4.